The molecule has 39 heavy (non-hydrogen) atoms. The third-order valence-electron chi connectivity index (χ3n) is 7.39. The third kappa shape index (κ3) is 4.62. The molecule has 6 aromatic carbocycles. The zero-order chi connectivity index (χ0) is 26.4. The predicted molar refractivity (Wildman–Crippen MR) is 169 cm³/mol. The minimum atomic E-state index is -3.05. The summed E-state index contributed by atoms with van der Waals surface area (Å²) >= 11 is 0. The van der Waals surface area contributed by atoms with Crippen LogP contribution in [0.5, 0.6) is 0 Å². The van der Waals surface area contributed by atoms with Crippen molar-refractivity contribution in [2.24, 2.45) is 0 Å². The Morgan fingerprint density at radius 2 is 0.385 bits per heavy atom. The van der Waals surface area contributed by atoms with Crippen LogP contribution in [0.1, 0.15) is 0 Å². The van der Waals surface area contributed by atoms with Crippen molar-refractivity contribution in [2.75, 3.05) is 0 Å². The van der Waals surface area contributed by atoms with E-state index in [1.54, 1.807) is 0 Å². The van der Waals surface area contributed by atoms with Gasteiger partial charge in [0.25, 0.3) is 16.6 Å². The van der Waals surface area contributed by atoms with Gasteiger partial charge in [0.1, 0.15) is 0 Å². The SMILES string of the molecule is c1ccc([Si](O[Si](c2ccccc2)(c2ccccc2)c2ccccc2)(c2ccccc2)c2ccccc2)cc1. The fraction of sp³-hybridized carbons (Fsp3) is 0. The summed E-state index contributed by atoms with van der Waals surface area (Å²) in [6.07, 6.45) is 0. The first-order valence-electron chi connectivity index (χ1n) is 13.4. The largest absolute Gasteiger partial charge is 0.435 e. The van der Waals surface area contributed by atoms with Gasteiger partial charge >= 0.3 is 0 Å². The Morgan fingerprint density at radius 1 is 0.231 bits per heavy atom. The molecule has 0 N–H and O–H groups in total. The van der Waals surface area contributed by atoms with Crippen LogP contribution < -0.4 is 31.1 Å². The van der Waals surface area contributed by atoms with Crippen molar-refractivity contribution in [3.05, 3.63) is 182 Å². The van der Waals surface area contributed by atoms with Gasteiger partial charge in [-0.05, 0) is 31.1 Å². The quantitative estimate of drug-likeness (QED) is 0.209. The van der Waals surface area contributed by atoms with E-state index in [1.165, 1.54) is 31.1 Å². The van der Waals surface area contributed by atoms with E-state index in [2.05, 4.69) is 182 Å². The van der Waals surface area contributed by atoms with Crippen LogP contribution >= 0.6 is 0 Å². The van der Waals surface area contributed by atoms with Gasteiger partial charge in [-0.1, -0.05) is 182 Å². The molecular weight excluding hydrogens is 505 g/mol. The van der Waals surface area contributed by atoms with Gasteiger partial charge in [-0.25, -0.2) is 0 Å². The van der Waals surface area contributed by atoms with Crippen LogP contribution in [0.4, 0.5) is 0 Å². The van der Waals surface area contributed by atoms with Crippen LogP contribution in [0.15, 0.2) is 182 Å². The van der Waals surface area contributed by atoms with Crippen molar-refractivity contribution in [1.29, 1.82) is 0 Å². The monoisotopic (exact) mass is 534 g/mol. The Labute approximate surface area is 233 Å². The van der Waals surface area contributed by atoms with Crippen molar-refractivity contribution in [2.45, 2.75) is 0 Å². The van der Waals surface area contributed by atoms with Gasteiger partial charge in [0, 0.05) is 0 Å². The average molecular weight is 535 g/mol. The van der Waals surface area contributed by atoms with E-state index >= 15 is 0 Å². The smallest absolute Gasteiger partial charge is 0.278 e. The highest BCUT2D eigenvalue weighted by Crippen LogP contribution is 2.19. The van der Waals surface area contributed by atoms with E-state index in [-0.39, 0.29) is 0 Å². The summed E-state index contributed by atoms with van der Waals surface area (Å²) in [4.78, 5) is 0. The minimum absolute atomic E-state index is 1.24. The van der Waals surface area contributed by atoms with E-state index in [9.17, 15) is 0 Å². The normalized spacial score (nSPS) is 11.7. The molecule has 3 heteroatoms. The Morgan fingerprint density at radius 3 is 0.538 bits per heavy atom. The molecule has 0 aliphatic heterocycles. The van der Waals surface area contributed by atoms with E-state index in [0.29, 0.717) is 0 Å². The zero-order valence-corrected chi connectivity index (χ0v) is 23.7. The Kier molecular flexibility index (Phi) is 7.20. The van der Waals surface area contributed by atoms with Gasteiger partial charge < -0.3 is 4.12 Å². The van der Waals surface area contributed by atoms with Crippen molar-refractivity contribution in [3.63, 3.8) is 0 Å². The molecule has 0 bridgehead atoms. The fourth-order valence-electron chi connectivity index (χ4n) is 5.62. The molecule has 0 atom stereocenters. The molecule has 0 heterocycles. The highest BCUT2D eigenvalue weighted by molar-refractivity contribution is 7.18. The topological polar surface area (TPSA) is 9.23 Å². The lowest BCUT2D eigenvalue weighted by Crippen LogP contribution is -2.81. The average Bonchev–Trinajstić information content (AvgIpc) is 3.04. The molecule has 0 aliphatic carbocycles. The molecule has 0 radical (unpaired) electrons. The second-order valence-electron chi connectivity index (χ2n) is 9.66. The van der Waals surface area contributed by atoms with Crippen molar-refractivity contribution < 1.29 is 4.12 Å². The molecule has 0 saturated heterocycles. The molecule has 0 aromatic heterocycles. The molecule has 6 aromatic rings. The van der Waals surface area contributed by atoms with Crippen LogP contribution in [0, 0.1) is 0 Å². The maximum absolute atomic E-state index is 8.22. The van der Waals surface area contributed by atoms with Crippen LogP contribution in [0.3, 0.4) is 0 Å². The summed E-state index contributed by atoms with van der Waals surface area (Å²) < 4.78 is 8.22. The lowest BCUT2D eigenvalue weighted by atomic mass is 10.3. The molecule has 1 nitrogen and oxygen atoms in total. The zero-order valence-electron chi connectivity index (χ0n) is 21.7. The van der Waals surface area contributed by atoms with Crippen molar-refractivity contribution in [3.8, 4) is 0 Å². The summed E-state index contributed by atoms with van der Waals surface area (Å²) in [5.41, 5.74) is 0. The number of hydrogen-bond acceptors (Lipinski definition) is 1. The molecule has 0 spiro atoms. The third-order valence-corrected chi connectivity index (χ3v) is 16.7. The minimum Gasteiger partial charge on any atom is -0.435 e. The summed E-state index contributed by atoms with van der Waals surface area (Å²) in [5, 5.41) is 7.43. The van der Waals surface area contributed by atoms with Gasteiger partial charge in [-0.15, -0.1) is 0 Å². The first kappa shape index (κ1) is 25.0. The first-order chi connectivity index (χ1) is 19.3. The molecule has 0 saturated carbocycles. The number of rotatable bonds is 8. The second kappa shape index (κ2) is 11.2. The molecule has 0 fully saturated rings. The van der Waals surface area contributed by atoms with Crippen LogP contribution in [-0.2, 0) is 4.12 Å². The van der Waals surface area contributed by atoms with E-state index < -0.39 is 16.6 Å². The van der Waals surface area contributed by atoms with Gasteiger partial charge in [-0.2, -0.15) is 0 Å². The van der Waals surface area contributed by atoms with Crippen molar-refractivity contribution >= 4 is 47.8 Å². The lowest BCUT2D eigenvalue weighted by Gasteiger charge is -2.44. The molecule has 188 valence electrons. The van der Waals surface area contributed by atoms with Gasteiger partial charge in [-0.3, -0.25) is 0 Å². The Hall–Kier alpha value is -4.29. The van der Waals surface area contributed by atoms with Crippen LogP contribution in [0.25, 0.3) is 0 Å². The maximum Gasteiger partial charge on any atom is 0.278 e. The number of hydrogen-bond donors (Lipinski definition) is 0. The summed E-state index contributed by atoms with van der Waals surface area (Å²) in [6.45, 7) is 0. The molecule has 6 rings (SSSR count). The molecule has 0 aliphatic rings. The molecular formula is C36H30OSi2. The number of benzene rings is 6. The highest BCUT2D eigenvalue weighted by Gasteiger charge is 2.52. The van der Waals surface area contributed by atoms with E-state index in [4.69, 9.17) is 4.12 Å². The maximum atomic E-state index is 8.22. The second-order valence-corrected chi connectivity index (χ2v) is 16.7. The van der Waals surface area contributed by atoms with Crippen LogP contribution in [0.2, 0.25) is 0 Å². The lowest BCUT2D eigenvalue weighted by molar-refractivity contribution is 0.600. The Balaban J connectivity index is 1.76. The van der Waals surface area contributed by atoms with E-state index in [1.807, 2.05) is 0 Å². The van der Waals surface area contributed by atoms with Gasteiger partial charge in [0.2, 0.25) is 0 Å². The first-order valence-corrected chi connectivity index (χ1v) is 17.2. The Bertz CT molecular complexity index is 1270. The van der Waals surface area contributed by atoms with Gasteiger partial charge in [0.15, 0.2) is 0 Å². The summed E-state index contributed by atoms with van der Waals surface area (Å²) in [5.74, 6) is 0. The van der Waals surface area contributed by atoms with E-state index in [0.717, 1.165) is 0 Å². The standard InChI is InChI=1S/C36H30OSi2/c1-7-19-31(20-8-1)38(32-21-9-2-10-22-32,33-23-11-3-12-24-33)37-39(34-25-13-4-14-26-34,35-27-15-5-16-28-35)36-29-17-6-18-30-36/h1-30H. The predicted octanol–water partition coefficient (Wildman–Crippen LogP) is 4.34. The van der Waals surface area contributed by atoms with Crippen molar-refractivity contribution in [1.82, 2.24) is 0 Å². The molecule has 0 amide bonds. The highest BCUT2D eigenvalue weighted by atomic mass is 28.4. The summed E-state index contributed by atoms with van der Waals surface area (Å²) in [6, 6.07) is 65.3. The summed E-state index contributed by atoms with van der Waals surface area (Å²) in [7, 11) is -6.09. The fourth-order valence-corrected chi connectivity index (χ4v) is 16.3. The van der Waals surface area contributed by atoms with Crippen LogP contribution in [-0.4, -0.2) is 16.6 Å². The molecule has 0 unspecified atom stereocenters. The van der Waals surface area contributed by atoms with Gasteiger partial charge in [0.05, 0.1) is 0 Å².